The smallest absolute Gasteiger partial charge is 0.410 e. The van der Waals surface area contributed by atoms with Gasteiger partial charge in [-0.05, 0) is 25.2 Å². The minimum absolute atomic E-state index is 0.282. The number of para-hydroxylation sites is 1. The highest BCUT2D eigenvalue weighted by molar-refractivity contribution is 5.70. The number of amides is 1. The summed E-state index contributed by atoms with van der Waals surface area (Å²) in [4.78, 5) is 13.9. The molecule has 1 spiro atoms. The molecule has 7 heteroatoms. The molecule has 1 amide bonds. The van der Waals surface area contributed by atoms with E-state index in [1.54, 1.807) is 35.5 Å². The van der Waals surface area contributed by atoms with Gasteiger partial charge in [-0.3, -0.25) is 4.90 Å². The van der Waals surface area contributed by atoms with Gasteiger partial charge < -0.3 is 10.1 Å². The van der Waals surface area contributed by atoms with Gasteiger partial charge in [0.05, 0.1) is 19.3 Å². The zero-order valence-electron chi connectivity index (χ0n) is 13.2. The molecule has 1 N–H and O–H groups in total. The molecule has 3 heterocycles. The molecule has 24 heavy (non-hydrogen) atoms. The highest BCUT2D eigenvalue weighted by Crippen LogP contribution is 2.31. The van der Waals surface area contributed by atoms with Crippen LogP contribution in [0.5, 0.6) is 0 Å². The van der Waals surface area contributed by atoms with Gasteiger partial charge in [0.25, 0.3) is 0 Å². The summed E-state index contributed by atoms with van der Waals surface area (Å²) >= 11 is 0. The van der Waals surface area contributed by atoms with Crippen LogP contribution < -0.4 is 5.32 Å². The first-order valence-corrected chi connectivity index (χ1v) is 8.12. The van der Waals surface area contributed by atoms with Crippen LogP contribution >= 0.6 is 0 Å². The van der Waals surface area contributed by atoms with Crippen molar-refractivity contribution < 1.29 is 13.9 Å². The van der Waals surface area contributed by atoms with E-state index in [1.165, 1.54) is 10.7 Å². The average Bonchev–Trinajstić information content (AvgIpc) is 3.14. The highest BCUT2D eigenvalue weighted by atomic mass is 19.1. The highest BCUT2D eigenvalue weighted by Gasteiger charge is 2.45. The lowest BCUT2D eigenvalue weighted by molar-refractivity contribution is 0.0316. The SMILES string of the molecule is O=C1OC2(CCNCC2)CN1Cc1cnn(-c2ccccc2F)c1. The molecule has 1 aromatic heterocycles. The van der Waals surface area contributed by atoms with Crippen LogP contribution in [0.3, 0.4) is 0 Å². The predicted octanol–water partition coefficient (Wildman–Crippen LogP) is 2.09. The van der Waals surface area contributed by atoms with E-state index in [1.807, 2.05) is 0 Å². The molecule has 4 rings (SSSR count). The number of hydrogen-bond donors (Lipinski definition) is 1. The number of rotatable bonds is 3. The Kier molecular flexibility index (Phi) is 3.72. The molecule has 0 atom stereocenters. The summed E-state index contributed by atoms with van der Waals surface area (Å²) in [7, 11) is 0. The monoisotopic (exact) mass is 330 g/mol. The normalized spacial score (nSPS) is 19.7. The fourth-order valence-electron chi connectivity index (χ4n) is 3.39. The van der Waals surface area contributed by atoms with Crippen molar-refractivity contribution in [1.29, 1.82) is 0 Å². The summed E-state index contributed by atoms with van der Waals surface area (Å²) in [6.45, 7) is 2.75. The van der Waals surface area contributed by atoms with Gasteiger partial charge in [-0.1, -0.05) is 12.1 Å². The number of halogens is 1. The zero-order chi connectivity index (χ0) is 16.6. The van der Waals surface area contributed by atoms with E-state index < -0.39 is 0 Å². The maximum atomic E-state index is 13.8. The lowest BCUT2D eigenvalue weighted by Gasteiger charge is -2.31. The van der Waals surface area contributed by atoms with Crippen molar-refractivity contribution in [3.05, 3.63) is 48.0 Å². The number of carbonyl (C=O) groups is 1. The third-order valence-electron chi connectivity index (χ3n) is 4.66. The van der Waals surface area contributed by atoms with E-state index in [2.05, 4.69) is 10.4 Å². The first kappa shape index (κ1) is 15.1. The number of piperidine rings is 1. The van der Waals surface area contributed by atoms with Crippen LogP contribution in [0.25, 0.3) is 5.69 Å². The van der Waals surface area contributed by atoms with Crippen molar-refractivity contribution in [3.8, 4) is 5.69 Å². The molecule has 2 aromatic rings. The lowest BCUT2D eigenvalue weighted by Crippen LogP contribution is -2.44. The number of nitrogens with one attached hydrogen (secondary N) is 1. The second-order valence-corrected chi connectivity index (χ2v) is 6.40. The molecule has 0 bridgehead atoms. The molecule has 2 saturated heterocycles. The summed E-state index contributed by atoms with van der Waals surface area (Å²) in [5, 5.41) is 7.49. The van der Waals surface area contributed by atoms with E-state index in [9.17, 15) is 9.18 Å². The summed E-state index contributed by atoms with van der Waals surface area (Å²) in [6, 6.07) is 6.47. The molecule has 0 saturated carbocycles. The quantitative estimate of drug-likeness (QED) is 0.936. The molecule has 2 aliphatic heterocycles. The molecule has 2 aliphatic rings. The van der Waals surface area contributed by atoms with E-state index in [0.29, 0.717) is 18.8 Å². The molecule has 1 aromatic carbocycles. The van der Waals surface area contributed by atoms with Crippen LogP contribution in [0.2, 0.25) is 0 Å². The Bertz CT molecular complexity index is 755. The first-order chi connectivity index (χ1) is 11.7. The average molecular weight is 330 g/mol. The van der Waals surface area contributed by atoms with Crippen LogP contribution in [-0.2, 0) is 11.3 Å². The van der Waals surface area contributed by atoms with Crippen LogP contribution in [0.15, 0.2) is 36.7 Å². The van der Waals surface area contributed by atoms with E-state index in [4.69, 9.17) is 4.74 Å². The Morgan fingerprint density at radius 2 is 2.08 bits per heavy atom. The molecular formula is C17H19FN4O2. The Hall–Kier alpha value is -2.41. The van der Waals surface area contributed by atoms with Gasteiger partial charge in [-0.25, -0.2) is 13.9 Å². The minimum Gasteiger partial charge on any atom is -0.441 e. The number of nitrogens with zero attached hydrogens (tertiary/aromatic N) is 3. The molecule has 0 aliphatic carbocycles. The zero-order valence-corrected chi connectivity index (χ0v) is 13.2. The van der Waals surface area contributed by atoms with Crippen molar-refractivity contribution in [2.24, 2.45) is 0 Å². The van der Waals surface area contributed by atoms with Crippen molar-refractivity contribution in [2.75, 3.05) is 19.6 Å². The van der Waals surface area contributed by atoms with Gasteiger partial charge in [-0.2, -0.15) is 5.10 Å². The number of aromatic nitrogens is 2. The Labute approximate surface area is 139 Å². The molecule has 0 unspecified atom stereocenters. The van der Waals surface area contributed by atoms with Gasteiger partial charge in [-0.15, -0.1) is 0 Å². The number of carbonyl (C=O) groups excluding carboxylic acids is 1. The minimum atomic E-state index is -0.357. The van der Waals surface area contributed by atoms with Crippen molar-refractivity contribution in [3.63, 3.8) is 0 Å². The third kappa shape index (κ3) is 2.75. The standard InChI is InChI=1S/C17H19FN4O2/c18-14-3-1-2-4-15(14)22-11-13(9-20-22)10-21-12-17(24-16(21)23)5-7-19-8-6-17/h1-4,9,11,19H,5-8,10,12H2. The number of hydrogen-bond acceptors (Lipinski definition) is 4. The van der Waals surface area contributed by atoms with Gasteiger partial charge in [0, 0.05) is 24.6 Å². The maximum absolute atomic E-state index is 13.8. The van der Waals surface area contributed by atoms with Crippen molar-refractivity contribution in [2.45, 2.75) is 25.0 Å². The molecule has 6 nitrogen and oxygen atoms in total. The maximum Gasteiger partial charge on any atom is 0.410 e. The van der Waals surface area contributed by atoms with E-state index in [0.717, 1.165) is 31.5 Å². The summed E-state index contributed by atoms with van der Waals surface area (Å²) < 4.78 is 21.0. The molecule has 126 valence electrons. The Morgan fingerprint density at radius 3 is 2.88 bits per heavy atom. The van der Waals surface area contributed by atoms with Gasteiger partial charge in [0.15, 0.2) is 0 Å². The molecular weight excluding hydrogens is 311 g/mol. The topological polar surface area (TPSA) is 59.4 Å². The fourth-order valence-corrected chi connectivity index (χ4v) is 3.39. The predicted molar refractivity (Wildman–Crippen MR) is 85.2 cm³/mol. The summed E-state index contributed by atoms with van der Waals surface area (Å²) in [6.07, 6.45) is 4.80. The van der Waals surface area contributed by atoms with Crippen LogP contribution in [0, 0.1) is 5.82 Å². The fraction of sp³-hybridized carbons (Fsp3) is 0.412. The second-order valence-electron chi connectivity index (χ2n) is 6.40. The summed E-state index contributed by atoms with van der Waals surface area (Å²) in [5.74, 6) is -0.332. The first-order valence-electron chi connectivity index (χ1n) is 8.12. The largest absolute Gasteiger partial charge is 0.441 e. The number of benzene rings is 1. The van der Waals surface area contributed by atoms with Crippen LogP contribution in [0.4, 0.5) is 9.18 Å². The van der Waals surface area contributed by atoms with Crippen LogP contribution in [0.1, 0.15) is 18.4 Å². The van der Waals surface area contributed by atoms with E-state index >= 15 is 0 Å². The van der Waals surface area contributed by atoms with Crippen molar-refractivity contribution in [1.82, 2.24) is 20.0 Å². The third-order valence-corrected chi connectivity index (χ3v) is 4.66. The van der Waals surface area contributed by atoms with Crippen molar-refractivity contribution >= 4 is 6.09 Å². The molecule has 0 radical (unpaired) electrons. The molecule has 2 fully saturated rings. The lowest BCUT2D eigenvalue weighted by atomic mass is 9.92. The Morgan fingerprint density at radius 1 is 1.29 bits per heavy atom. The van der Waals surface area contributed by atoms with Crippen LogP contribution in [-0.4, -0.2) is 46.0 Å². The summed E-state index contributed by atoms with van der Waals surface area (Å²) in [5.41, 5.74) is 0.882. The van der Waals surface area contributed by atoms with E-state index in [-0.39, 0.29) is 17.5 Å². The van der Waals surface area contributed by atoms with Gasteiger partial charge in [0.1, 0.15) is 17.1 Å². The van der Waals surface area contributed by atoms with Gasteiger partial charge in [0.2, 0.25) is 0 Å². The van der Waals surface area contributed by atoms with Gasteiger partial charge >= 0.3 is 6.09 Å². The Balaban J connectivity index is 1.48. The number of ether oxygens (including phenoxy) is 1. The second kappa shape index (κ2) is 5.90.